The average Bonchev–Trinajstić information content (AvgIpc) is 2.98. The molecule has 1 aromatic heterocycles. The van der Waals surface area contributed by atoms with Crippen LogP contribution in [0.4, 0.5) is 0 Å². The molecule has 4 heteroatoms. The Morgan fingerprint density at radius 1 is 1.11 bits per heavy atom. The summed E-state index contributed by atoms with van der Waals surface area (Å²) >= 11 is 0. The molecule has 0 spiro atoms. The van der Waals surface area contributed by atoms with Gasteiger partial charge in [-0.25, -0.2) is 0 Å². The quantitative estimate of drug-likeness (QED) is 0.896. The molecule has 1 aliphatic heterocycles. The molecule has 3 rings (SSSR count). The van der Waals surface area contributed by atoms with E-state index in [4.69, 9.17) is 19.6 Å². The van der Waals surface area contributed by atoms with Crippen LogP contribution in [0.3, 0.4) is 0 Å². The number of nitrogens with two attached hydrogens (primary N) is 1. The van der Waals surface area contributed by atoms with Gasteiger partial charge in [0.15, 0.2) is 11.5 Å². The molecule has 2 heterocycles. The number of hydrogen-bond acceptors (Lipinski definition) is 4. The van der Waals surface area contributed by atoms with Crippen molar-refractivity contribution in [3.63, 3.8) is 0 Å². The molecule has 1 aliphatic rings. The van der Waals surface area contributed by atoms with Crippen LogP contribution in [0, 0.1) is 0 Å². The van der Waals surface area contributed by atoms with Crippen LogP contribution in [0.1, 0.15) is 11.3 Å². The highest BCUT2D eigenvalue weighted by molar-refractivity contribution is 5.44. The fourth-order valence-corrected chi connectivity index (χ4v) is 2.13. The normalized spacial score (nSPS) is 14.7. The number of fused-ring (bicyclic) bond motifs is 1. The molecule has 0 fully saturated rings. The minimum Gasteiger partial charge on any atom is -0.469 e. The lowest BCUT2D eigenvalue weighted by atomic mass is 10.0. The molecule has 2 N–H and O–H groups in total. The van der Waals surface area contributed by atoms with Crippen molar-refractivity contribution in [2.75, 3.05) is 6.79 Å². The number of benzene rings is 1. The first-order chi connectivity index (χ1) is 8.81. The third-order valence-electron chi connectivity index (χ3n) is 2.98. The van der Waals surface area contributed by atoms with Gasteiger partial charge in [-0.1, -0.05) is 6.07 Å². The van der Waals surface area contributed by atoms with E-state index in [9.17, 15) is 0 Å². The molecule has 1 unspecified atom stereocenters. The lowest BCUT2D eigenvalue weighted by Crippen LogP contribution is -2.25. The van der Waals surface area contributed by atoms with Crippen molar-refractivity contribution >= 4 is 0 Å². The van der Waals surface area contributed by atoms with Crippen molar-refractivity contribution in [1.82, 2.24) is 0 Å². The summed E-state index contributed by atoms with van der Waals surface area (Å²) in [5.74, 6) is 2.53. The average molecular weight is 245 g/mol. The highest BCUT2D eigenvalue weighted by Crippen LogP contribution is 2.32. The van der Waals surface area contributed by atoms with Crippen LogP contribution in [0.2, 0.25) is 0 Å². The number of rotatable bonds is 4. The fraction of sp³-hybridized carbons (Fsp3) is 0.286. The topological polar surface area (TPSA) is 57.6 Å². The third kappa shape index (κ3) is 2.33. The highest BCUT2D eigenvalue weighted by Gasteiger charge is 2.14. The molecule has 4 nitrogen and oxygen atoms in total. The third-order valence-corrected chi connectivity index (χ3v) is 2.98. The standard InChI is InChI=1S/C14H15NO3/c15-11(8-12-2-1-5-16-12)6-10-3-4-13-14(7-10)18-9-17-13/h1-5,7,11H,6,8-9,15H2. The van der Waals surface area contributed by atoms with Crippen molar-refractivity contribution in [2.45, 2.75) is 18.9 Å². The lowest BCUT2D eigenvalue weighted by Gasteiger charge is -2.10. The first-order valence-corrected chi connectivity index (χ1v) is 5.98. The molecule has 0 amide bonds. The van der Waals surface area contributed by atoms with Crippen LogP contribution in [0.15, 0.2) is 41.0 Å². The Labute approximate surface area is 105 Å². The van der Waals surface area contributed by atoms with Crippen molar-refractivity contribution < 1.29 is 13.9 Å². The maximum atomic E-state index is 6.11. The second-order valence-electron chi connectivity index (χ2n) is 4.44. The van der Waals surface area contributed by atoms with Gasteiger partial charge < -0.3 is 19.6 Å². The van der Waals surface area contributed by atoms with Crippen LogP contribution < -0.4 is 15.2 Å². The highest BCUT2D eigenvalue weighted by atomic mass is 16.7. The molecule has 1 aromatic carbocycles. The second-order valence-corrected chi connectivity index (χ2v) is 4.44. The van der Waals surface area contributed by atoms with E-state index in [1.54, 1.807) is 6.26 Å². The van der Waals surface area contributed by atoms with Gasteiger partial charge in [0.25, 0.3) is 0 Å². The molecule has 94 valence electrons. The van der Waals surface area contributed by atoms with Gasteiger partial charge in [-0.3, -0.25) is 0 Å². The van der Waals surface area contributed by atoms with Gasteiger partial charge in [-0.15, -0.1) is 0 Å². The Morgan fingerprint density at radius 2 is 2.00 bits per heavy atom. The van der Waals surface area contributed by atoms with E-state index in [1.807, 2.05) is 30.3 Å². The van der Waals surface area contributed by atoms with Gasteiger partial charge in [0.2, 0.25) is 6.79 Å². The van der Waals surface area contributed by atoms with Crippen molar-refractivity contribution in [3.8, 4) is 11.5 Å². The molecule has 18 heavy (non-hydrogen) atoms. The summed E-state index contributed by atoms with van der Waals surface area (Å²) in [4.78, 5) is 0. The SMILES string of the molecule is NC(Cc1ccc2c(c1)OCO2)Cc1ccco1. The Morgan fingerprint density at radius 3 is 2.83 bits per heavy atom. The molecule has 0 radical (unpaired) electrons. The fourth-order valence-electron chi connectivity index (χ4n) is 2.13. The Bertz CT molecular complexity index is 522. The summed E-state index contributed by atoms with van der Waals surface area (Å²) in [7, 11) is 0. The van der Waals surface area contributed by atoms with Gasteiger partial charge in [0, 0.05) is 12.5 Å². The molecular weight excluding hydrogens is 230 g/mol. The summed E-state index contributed by atoms with van der Waals surface area (Å²) in [6, 6.07) is 9.80. The second kappa shape index (κ2) is 4.74. The van der Waals surface area contributed by atoms with Gasteiger partial charge in [-0.2, -0.15) is 0 Å². The van der Waals surface area contributed by atoms with Crippen LogP contribution in [0.25, 0.3) is 0 Å². The first-order valence-electron chi connectivity index (χ1n) is 5.98. The molecule has 0 bridgehead atoms. The first kappa shape index (κ1) is 11.2. The molecule has 2 aromatic rings. The van der Waals surface area contributed by atoms with Crippen LogP contribution in [-0.4, -0.2) is 12.8 Å². The molecular formula is C14H15NO3. The minimum absolute atomic E-state index is 0.0384. The Hall–Kier alpha value is -1.94. The zero-order valence-corrected chi connectivity index (χ0v) is 9.96. The van der Waals surface area contributed by atoms with E-state index in [0.717, 1.165) is 35.7 Å². The van der Waals surface area contributed by atoms with Gasteiger partial charge in [0.1, 0.15) is 5.76 Å². The summed E-state index contributed by atoms with van der Waals surface area (Å²) in [5.41, 5.74) is 7.26. The van der Waals surface area contributed by atoms with Crippen molar-refractivity contribution in [3.05, 3.63) is 47.9 Å². The summed E-state index contributed by atoms with van der Waals surface area (Å²) < 4.78 is 15.9. The number of ether oxygens (including phenoxy) is 2. The minimum atomic E-state index is 0.0384. The smallest absolute Gasteiger partial charge is 0.231 e. The van der Waals surface area contributed by atoms with E-state index < -0.39 is 0 Å². The monoisotopic (exact) mass is 245 g/mol. The predicted molar refractivity (Wildman–Crippen MR) is 66.7 cm³/mol. The van der Waals surface area contributed by atoms with Crippen LogP contribution in [0.5, 0.6) is 11.5 Å². The zero-order chi connectivity index (χ0) is 12.4. The van der Waals surface area contributed by atoms with Crippen molar-refractivity contribution in [1.29, 1.82) is 0 Å². The largest absolute Gasteiger partial charge is 0.469 e. The van der Waals surface area contributed by atoms with E-state index in [1.165, 1.54) is 0 Å². The predicted octanol–water partition coefficient (Wildman–Crippen LogP) is 2.12. The van der Waals surface area contributed by atoms with E-state index >= 15 is 0 Å². The molecule has 0 saturated heterocycles. The Kier molecular flexibility index (Phi) is 2.94. The van der Waals surface area contributed by atoms with Crippen molar-refractivity contribution in [2.24, 2.45) is 5.73 Å². The van der Waals surface area contributed by atoms with Gasteiger partial charge in [0.05, 0.1) is 6.26 Å². The number of furan rings is 1. The summed E-state index contributed by atoms with van der Waals surface area (Å²) in [6.07, 6.45) is 3.20. The molecule has 1 atom stereocenters. The maximum Gasteiger partial charge on any atom is 0.231 e. The maximum absolute atomic E-state index is 6.11. The van der Waals surface area contributed by atoms with Gasteiger partial charge >= 0.3 is 0 Å². The summed E-state index contributed by atoms with van der Waals surface area (Å²) in [5, 5.41) is 0. The van der Waals surface area contributed by atoms with Crippen LogP contribution >= 0.6 is 0 Å². The number of hydrogen-bond donors (Lipinski definition) is 1. The van der Waals surface area contributed by atoms with Crippen LogP contribution in [-0.2, 0) is 12.8 Å². The molecule has 0 aliphatic carbocycles. The molecule has 0 saturated carbocycles. The lowest BCUT2D eigenvalue weighted by molar-refractivity contribution is 0.174. The van der Waals surface area contributed by atoms with E-state index in [2.05, 4.69) is 0 Å². The van der Waals surface area contributed by atoms with E-state index in [-0.39, 0.29) is 6.04 Å². The Balaban J connectivity index is 1.65. The van der Waals surface area contributed by atoms with Gasteiger partial charge in [-0.05, 0) is 36.2 Å². The summed E-state index contributed by atoms with van der Waals surface area (Å²) in [6.45, 7) is 0.303. The zero-order valence-electron chi connectivity index (χ0n) is 9.96. The van der Waals surface area contributed by atoms with E-state index in [0.29, 0.717) is 6.79 Å².